The third-order valence-electron chi connectivity index (χ3n) is 1.27. The van der Waals surface area contributed by atoms with Crippen LogP contribution in [0.1, 0.15) is 12.5 Å². The Bertz CT molecular complexity index is 231. The van der Waals surface area contributed by atoms with E-state index in [0.29, 0.717) is 5.56 Å². The molecule has 2 heteroatoms. The molecule has 0 saturated heterocycles. The van der Waals surface area contributed by atoms with Gasteiger partial charge in [0.2, 0.25) is 0 Å². The van der Waals surface area contributed by atoms with Gasteiger partial charge in [0, 0.05) is 6.07 Å². The number of benzene rings is 1. The molecular formula is C8H7F2. The van der Waals surface area contributed by atoms with Crippen molar-refractivity contribution in [2.75, 3.05) is 0 Å². The fraction of sp³-hybridized carbons (Fsp3) is 0.125. The van der Waals surface area contributed by atoms with Gasteiger partial charge in [-0.2, -0.15) is 0 Å². The lowest BCUT2D eigenvalue weighted by Crippen LogP contribution is -1.85. The normalized spacial score (nSPS) is 9.90. The van der Waals surface area contributed by atoms with Crippen molar-refractivity contribution in [3.05, 3.63) is 41.8 Å². The predicted molar refractivity (Wildman–Crippen MR) is 35.4 cm³/mol. The van der Waals surface area contributed by atoms with Crippen LogP contribution in [0.3, 0.4) is 0 Å². The molecule has 0 atom stereocenters. The van der Waals surface area contributed by atoms with Crippen LogP contribution in [0.5, 0.6) is 0 Å². The monoisotopic (exact) mass is 141 g/mol. The zero-order valence-electron chi connectivity index (χ0n) is 5.57. The molecule has 0 spiro atoms. The Balaban J connectivity index is 3.07. The molecule has 10 heavy (non-hydrogen) atoms. The number of hydrogen-bond acceptors (Lipinski definition) is 0. The largest absolute Gasteiger partial charge is 0.207 e. The second-order valence-corrected chi connectivity index (χ2v) is 1.95. The first-order valence-electron chi connectivity index (χ1n) is 2.98. The van der Waals surface area contributed by atoms with Gasteiger partial charge in [-0.1, -0.05) is 13.0 Å². The molecule has 1 radical (unpaired) electrons. The van der Waals surface area contributed by atoms with E-state index in [-0.39, 0.29) is 0 Å². The quantitative estimate of drug-likeness (QED) is 0.563. The standard InChI is InChI=1S/C8H7F2/c1-2-6-3-4-7(9)5-8(6)10/h2-5H,1H3. The number of hydrogen-bond donors (Lipinski definition) is 0. The molecule has 0 amide bonds. The van der Waals surface area contributed by atoms with Crippen LogP contribution in [0.15, 0.2) is 18.2 Å². The first kappa shape index (κ1) is 7.19. The zero-order valence-corrected chi connectivity index (χ0v) is 5.57. The molecule has 1 aromatic rings. The fourth-order valence-corrected chi connectivity index (χ4v) is 0.736. The van der Waals surface area contributed by atoms with Gasteiger partial charge in [-0.05, 0) is 18.1 Å². The molecule has 1 aromatic carbocycles. The molecule has 1 rings (SSSR count). The number of rotatable bonds is 1. The highest BCUT2D eigenvalue weighted by Gasteiger charge is 1.99. The first-order chi connectivity index (χ1) is 4.74. The highest BCUT2D eigenvalue weighted by molar-refractivity contribution is 5.24. The molecule has 0 bridgehead atoms. The maximum absolute atomic E-state index is 12.6. The number of halogens is 2. The van der Waals surface area contributed by atoms with Crippen LogP contribution in [0, 0.1) is 18.1 Å². The van der Waals surface area contributed by atoms with Crippen molar-refractivity contribution >= 4 is 0 Å². The van der Waals surface area contributed by atoms with Crippen LogP contribution >= 0.6 is 0 Å². The molecule has 53 valence electrons. The minimum Gasteiger partial charge on any atom is -0.207 e. The Labute approximate surface area is 58.5 Å². The minimum absolute atomic E-state index is 0.432. The summed E-state index contributed by atoms with van der Waals surface area (Å²) >= 11 is 0. The fourth-order valence-electron chi connectivity index (χ4n) is 0.736. The van der Waals surface area contributed by atoms with E-state index >= 15 is 0 Å². The smallest absolute Gasteiger partial charge is 0.129 e. The van der Waals surface area contributed by atoms with Gasteiger partial charge in [-0.15, -0.1) is 0 Å². The molecule has 0 heterocycles. The molecule has 0 fully saturated rings. The zero-order chi connectivity index (χ0) is 7.56. The van der Waals surface area contributed by atoms with E-state index < -0.39 is 11.6 Å². The second-order valence-electron chi connectivity index (χ2n) is 1.95. The minimum atomic E-state index is -0.539. The SMILES string of the molecule is C[CH]c1ccc(F)cc1F. The lowest BCUT2D eigenvalue weighted by Gasteiger charge is -1.96. The molecule has 0 saturated carbocycles. The molecule has 0 aliphatic carbocycles. The Morgan fingerprint density at radius 2 is 2.00 bits per heavy atom. The van der Waals surface area contributed by atoms with Gasteiger partial charge >= 0.3 is 0 Å². The van der Waals surface area contributed by atoms with E-state index in [2.05, 4.69) is 0 Å². The molecule has 0 aliphatic heterocycles. The van der Waals surface area contributed by atoms with Gasteiger partial charge in [-0.25, -0.2) is 8.78 Å². The van der Waals surface area contributed by atoms with E-state index in [4.69, 9.17) is 0 Å². The Morgan fingerprint density at radius 1 is 1.30 bits per heavy atom. The summed E-state index contributed by atoms with van der Waals surface area (Å²) in [7, 11) is 0. The topological polar surface area (TPSA) is 0 Å². The van der Waals surface area contributed by atoms with E-state index in [1.54, 1.807) is 13.3 Å². The molecular weight excluding hydrogens is 134 g/mol. The van der Waals surface area contributed by atoms with Gasteiger partial charge in [0.1, 0.15) is 11.6 Å². The van der Waals surface area contributed by atoms with Gasteiger partial charge in [0.15, 0.2) is 0 Å². The summed E-state index contributed by atoms with van der Waals surface area (Å²) in [6, 6.07) is 3.51. The van der Waals surface area contributed by atoms with Crippen molar-refractivity contribution in [3.63, 3.8) is 0 Å². The third kappa shape index (κ3) is 1.32. The summed E-state index contributed by atoms with van der Waals surface area (Å²) in [5.41, 5.74) is 0.432. The maximum atomic E-state index is 12.6. The van der Waals surface area contributed by atoms with E-state index in [9.17, 15) is 8.78 Å². The average molecular weight is 141 g/mol. The third-order valence-corrected chi connectivity index (χ3v) is 1.27. The highest BCUT2D eigenvalue weighted by Crippen LogP contribution is 2.10. The Kier molecular flexibility index (Phi) is 2.00. The van der Waals surface area contributed by atoms with Crippen LogP contribution in [0.25, 0.3) is 0 Å². The van der Waals surface area contributed by atoms with Crippen molar-refractivity contribution in [1.29, 1.82) is 0 Å². The van der Waals surface area contributed by atoms with Gasteiger partial charge in [-0.3, -0.25) is 0 Å². The van der Waals surface area contributed by atoms with E-state index in [0.717, 1.165) is 6.07 Å². The van der Waals surface area contributed by atoms with Crippen LogP contribution in [0.4, 0.5) is 8.78 Å². The van der Waals surface area contributed by atoms with Crippen LogP contribution in [-0.4, -0.2) is 0 Å². The Morgan fingerprint density at radius 3 is 2.50 bits per heavy atom. The van der Waals surface area contributed by atoms with Crippen molar-refractivity contribution in [3.8, 4) is 0 Å². The first-order valence-corrected chi connectivity index (χ1v) is 2.98. The van der Waals surface area contributed by atoms with Gasteiger partial charge < -0.3 is 0 Å². The predicted octanol–water partition coefficient (Wildman–Crippen LogP) is 2.54. The summed E-state index contributed by atoms with van der Waals surface area (Å²) in [4.78, 5) is 0. The molecule has 0 unspecified atom stereocenters. The summed E-state index contributed by atoms with van der Waals surface area (Å²) in [5.74, 6) is -1.05. The Hall–Kier alpha value is -0.920. The molecule has 0 nitrogen and oxygen atoms in total. The lowest BCUT2D eigenvalue weighted by molar-refractivity contribution is 0.578. The second kappa shape index (κ2) is 2.78. The van der Waals surface area contributed by atoms with Crippen LogP contribution in [-0.2, 0) is 0 Å². The lowest BCUT2D eigenvalue weighted by atomic mass is 10.1. The average Bonchev–Trinajstić information content (AvgIpc) is 1.88. The van der Waals surface area contributed by atoms with Gasteiger partial charge in [0.25, 0.3) is 0 Å². The van der Waals surface area contributed by atoms with E-state index in [1.807, 2.05) is 0 Å². The van der Waals surface area contributed by atoms with Crippen molar-refractivity contribution in [2.24, 2.45) is 0 Å². The van der Waals surface area contributed by atoms with Crippen molar-refractivity contribution in [2.45, 2.75) is 6.92 Å². The summed E-state index contributed by atoms with van der Waals surface area (Å²) in [6.07, 6.45) is 1.59. The van der Waals surface area contributed by atoms with Crippen LogP contribution < -0.4 is 0 Å². The molecule has 0 aliphatic rings. The van der Waals surface area contributed by atoms with E-state index in [1.165, 1.54) is 12.1 Å². The molecule has 0 aromatic heterocycles. The maximum Gasteiger partial charge on any atom is 0.129 e. The van der Waals surface area contributed by atoms with Crippen molar-refractivity contribution < 1.29 is 8.78 Å². The summed E-state index contributed by atoms with van der Waals surface area (Å²) in [5, 5.41) is 0. The molecule has 0 N–H and O–H groups in total. The summed E-state index contributed by atoms with van der Waals surface area (Å²) < 4.78 is 24.8. The van der Waals surface area contributed by atoms with Crippen molar-refractivity contribution in [1.82, 2.24) is 0 Å². The highest BCUT2D eigenvalue weighted by atomic mass is 19.1. The van der Waals surface area contributed by atoms with Gasteiger partial charge in [0.05, 0.1) is 0 Å². The van der Waals surface area contributed by atoms with Crippen LogP contribution in [0.2, 0.25) is 0 Å². The summed E-state index contributed by atoms with van der Waals surface area (Å²) in [6.45, 7) is 1.70.